The minimum absolute atomic E-state index is 0.0287. The Morgan fingerprint density at radius 3 is 2.80 bits per heavy atom. The van der Waals surface area contributed by atoms with Crippen LogP contribution in [0, 0.1) is 0 Å². The molecule has 1 aromatic carbocycles. The predicted octanol–water partition coefficient (Wildman–Crippen LogP) is 1.50. The van der Waals surface area contributed by atoms with Gasteiger partial charge in [0.2, 0.25) is 5.91 Å². The van der Waals surface area contributed by atoms with Crippen LogP contribution in [0.25, 0.3) is 0 Å². The zero-order chi connectivity index (χ0) is 14.9. The van der Waals surface area contributed by atoms with Gasteiger partial charge in [-0.2, -0.15) is 0 Å². The standard InChI is InChI=1S/C15H20N2O3/c1-9(2)16-14(18)8-11-5-6-13-12(7-11)17(4)15(19)10(3)20-13/h5-7,9-10H,8H2,1-4H3,(H,16,18). The number of anilines is 1. The average molecular weight is 276 g/mol. The number of hydrogen-bond acceptors (Lipinski definition) is 3. The lowest BCUT2D eigenvalue weighted by atomic mass is 10.1. The fourth-order valence-electron chi connectivity index (χ4n) is 2.23. The van der Waals surface area contributed by atoms with Gasteiger partial charge in [-0.15, -0.1) is 0 Å². The molecule has 0 saturated carbocycles. The molecule has 0 bridgehead atoms. The minimum atomic E-state index is -0.470. The lowest BCUT2D eigenvalue weighted by Crippen LogP contribution is -2.42. The lowest BCUT2D eigenvalue weighted by molar-refractivity contribution is -0.125. The van der Waals surface area contributed by atoms with Gasteiger partial charge in [-0.25, -0.2) is 0 Å². The Labute approximate surface area is 118 Å². The van der Waals surface area contributed by atoms with Gasteiger partial charge in [-0.3, -0.25) is 9.59 Å². The molecule has 1 atom stereocenters. The van der Waals surface area contributed by atoms with Gasteiger partial charge in [-0.05, 0) is 38.5 Å². The molecule has 1 unspecified atom stereocenters. The van der Waals surface area contributed by atoms with E-state index in [0.29, 0.717) is 17.9 Å². The number of amides is 2. The van der Waals surface area contributed by atoms with Crippen molar-refractivity contribution in [1.82, 2.24) is 5.32 Å². The summed E-state index contributed by atoms with van der Waals surface area (Å²) < 4.78 is 5.55. The van der Waals surface area contributed by atoms with Crippen molar-refractivity contribution in [2.45, 2.75) is 39.3 Å². The van der Waals surface area contributed by atoms with Gasteiger partial charge in [0, 0.05) is 13.1 Å². The third-order valence-corrected chi connectivity index (χ3v) is 3.18. The van der Waals surface area contributed by atoms with E-state index >= 15 is 0 Å². The molecule has 2 rings (SSSR count). The first-order valence-corrected chi connectivity index (χ1v) is 6.75. The van der Waals surface area contributed by atoms with E-state index in [1.54, 1.807) is 18.9 Å². The summed E-state index contributed by atoms with van der Waals surface area (Å²) in [5.41, 5.74) is 1.57. The van der Waals surface area contributed by atoms with Crippen LogP contribution in [0.3, 0.4) is 0 Å². The molecule has 5 nitrogen and oxygen atoms in total. The van der Waals surface area contributed by atoms with Crippen molar-refractivity contribution in [3.8, 4) is 5.75 Å². The zero-order valence-electron chi connectivity index (χ0n) is 12.3. The van der Waals surface area contributed by atoms with E-state index in [-0.39, 0.29) is 17.9 Å². The summed E-state index contributed by atoms with van der Waals surface area (Å²) in [4.78, 5) is 25.2. The van der Waals surface area contributed by atoms with E-state index in [1.165, 1.54) is 0 Å². The van der Waals surface area contributed by atoms with Crippen LogP contribution in [0.2, 0.25) is 0 Å². The molecule has 1 aromatic rings. The molecule has 0 fully saturated rings. The van der Waals surface area contributed by atoms with Crippen LogP contribution >= 0.6 is 0 Å². The summed E-state index contributed by atoms with van der Waals surface area (Å²) in [7, 11) is 1.72. The molecular weight excluding hydrogens is 256 g/mol. The zero-order valence-corrected chi connectivity index (χ0v) is 12.3. The molecular formula is C15H20N2O3. The lowest BCUT2D eigenvalue weighted by Gasteiger charge is -2.30. The predicted molar refractivity (Wildman–Crippen MR) is 76.9 cm³/mol. The highest BCUT2D eigenvalue weighted by atomic mass is 16.5. The van der Waals surface area contributed by atoms with Gasteiger partial charge >= 0.3 is 0 Å². The maximum absolute atomic E-state index is 11.9. The Balaban J connectivity index is 2.19. The Kier molecular flexibility index (Phi) is 3.97. The van der Waals surface area contributed by atoms with Crippen LogP contribution in [-0.4, -0.2) is 31.0 Å². The van der Waals surface area contributed by atoms with Crippen molar-refractivity contribution in [2.24, 2.45) is 0 Å². The fourth-order valence-corrected chi connectivity index (χ4v) is 2.23. The summed E-state index contributed by atoms with van der Waals surface area (Å²) in [5, 5.41) is 2.85. The number of rotatable bonds is 3. The highest BCUT2D eigenvalue weighted by molar-refractivity contribution is 5.99. The summed E-state index contributed by atoms with van der Waals surface area (Å²) in [6, 6.07) is 5.62. The number of ether oxygens (including phenoxy) is 1. The second-order valence-corrected chi connectivity index (χ2v) is 5.36. The highest BCUT2D eigenvalue weighted by Gasteiger charge is 2.28. The molecule has 0 radical (unpaired) electrons. The van der Waals surface area contributed by atoms with E-state index in [9.17, 15) is 9.59 Å². The topological polar surface area (TPSA) is 58.6 Å². The fraction of sp³-hybridized carbons (Fsp3) is 0.467. The normalized spacial score (nSPS) is 17.8. The number of hydrogen-bond donors (Lipinski definition) is 1. The summed E-state index contributed by atoms with van der Waals surface area (Å²) >= 11 is 0. The molecule has 1 heterocycles. The van der Waals surface area contributed by atoms with Crippen molar-refractivity contribution in [3.63, 3.8) is 0 Å². The molecule has 1 aliphatic rings. The molecule has 108 valence electrons. The van der Waals surface area contributed by atoms with E-state index in [1.807, 2.05) is 32.0 Å². The number of carbonyl (C=O) groups is 2. The third-order valence-electron chi connectivity index (χ3n) is 3.18. The molecule has 2 amide bonds. The molecule has 5 heteroatoms. The van der Waals surface area contributed by atoms with Crippen LogP contribution in [0.5, 0.6) is 5.75 Å². The molecule has 0 aromatic heterocycles. The van der Waals surface area contributed by atoms with Crippen molar-refractivity contribution in [2.75, 3.05) is 11.9 Å². The van der Waals surface area contributed by atoms with Gasteiger partial charge in [0.05, 0.1) is 12.1 Å². The number of benzene rings is 1. The maximum atomic E-state index is 11.9. The number of carbonyl (C=O) groups excluding carboxylic acids is 2. The van der Waals surface area contributed by atoms with E-state index in [2.05, 4.69) is 5.32 Å². The third kappa shape index (κ3) is 2.92. The molecule has 0 saturated heterocycles. The second-order valence-electron chi connectivity index (χ2n) is 5.36. The monoisotopic (exact) mass is 276 g/mol. The SMILES string of the molecule is CC(C)NC(=O)Cc1ccc2c(c1)N(C)C(=O)C(C)O2. The van der Waals surface area contributed by atoms with Crippen molar-refractivity contribution < 1.29 is 14.3 Å². The molecule has 0 aliphatic carbocycles. The van der Waals surface area contributed by atoms with Crippen LogP contribution in [0.15, 0.2) is 18.2 Å². The first kappa shape index (κ1) is 14.4. The summed E-state index contributed by atoms with van der Waals surface area (Å²) in [6.07, 6.45) is -0.175. The van der Waals surface area contributed by atoms with Gasteiger partial charge < -0.3 is 15.0 Å². The second kappa shape index (κ2) is 5.53. The van der Waals surface area contributed by atoms with Crippen molar-refractivity contribution >= 4 is 17.5 Å². The van der Waals surface area contributed by atoms with E-state index < -0.39 is 6.10 Å². The summed E-state index contributed by atoms with van der Waals surface area (Å²) in [5.74, 6) is 0.563. The van der Waals surface area contributed by atoms with E-state index in [0.717, 1.165) is 5.56 Å². The van der Waals surface area contributed by atoms with Crippen LogP contribution in [-0.2, 0) is 16.0 Å². The number of nitrogens with zero attached hydrogens (tertiary/aromatic N) is 1. The largest absolute Gasteiger partial charge is 0.479 e. The Hall–Kier alpha value is -2.04. The van der Waals surface area contributed by atoms with Crippen molar-refractivity contribution in [3.05, 3.63) is 23.8 Å². The first-order valence-electron chi connectivity index (χ1n) is 6.75. The Bertz CT molecular complexity index is 540. The number of likely N-dealkylation sites (N-methyl/N-ethyl adjacent to an activating group) is 1. The number of fused-ring (bicyclic) bond motifs is 1. The molecule has 20 heavy (non-hydrogen) atoms. The Morgan fingerprint density at radius 2 is 2.15 bits per heavy atom. The van der Waals surface area contributed by atoms with Gasteiger partial charge in [0.15, 0.2) is 6.10 Å². The molecule has 0 spiro atoms. The van der Waals surface area contributed by atoms with Gasteiger partial charge in [-0.1, -0.05) is 6.07 Å². The Morgan fingerprint density at radius 1 is 1.45 bits per heavy atom. The highest BCUT2D eigenvalue weighted by Crippen LogP contribution is 2.33. The van der Waals surface area contributed by atoms with Gasteiger partial charge in [0.1, 0.15) is 5.75 Å². The first-order chi connectivity index (χ1) is 9.38. The van der Waals surface area contributed by atoms with Crippen LogP contribution in [0.4, 0.5) is 5.69 Å². The van der Waals surface area contributed by atoms with Crippen LogP contribution in [0.1, 0.15) is 26.3 Å². The van der Waals surface area contributed by atoms with E-state index in [4.69, 9.17) is 4.74 Å². The maximum Gasteiger partial charge on any atom is 0.267 e. The summed E-state index contributed by atoms with van der Waals surface area (Å²) in [6.45, 7) is 5.57. The minimum Gasteiger partial charge on any atom is -0.479 e. The smallest absolute Gasteiger partial charge is 0.267 e. The average Bonchev–Trinajstić information content (AvgIpc) is 2.36. The molecule has 1 aliphatic heterocycles. The van der Waals surface area contributed by atoms with Crippen molar-refractivity contribution in [1.29, 1.82) is 0 Å². The van der Waals surface area contributed by atoms with Crippen LogP contribution < -0.4 is 15.0 Å². The van der Waals surface area contributed by atoms with Gasteiger partial charge in [0.25, 0.3) is 5.91 Å². The quantitative estimate of drug-likeness (QED) is 0.910. The number of nitrogens with one attached hydrogen (secondary N) is 1. The molecule has 1 N–H and O–H groups in total.